The van der Waals surface area contributed by atoms with Crippen molar-refractivity contribution < 1.29 is 14.3 Å². The van der Waals surface area contributed by atoms with Crippen molar-refractivity contribution in [3.05, 3.63) is 71.4 Å². The molecule has 3 amide bonds. The van der Waals surface area contributed by atoms with Gasteiger partial charge in [0, 0.05) is 30.8 Å². The number of urea groups is 1. The van der Waals surface area contributed by atoms with Crippen molar-refractivity contribution in [3.63, 3.8) is 0 Å². The summed E-state index contributed by atoms with van der Waals surface area (Å²) in [5, 5.41) is 10.6. The highest BCUT2D eigenvalue weighted by atomic mass is 16.5. The van der Waals surface area contributed by atoms with Gasteiger partial charge in [0.15, 0.2) is 0 Å². The zero-order valence-electron chi connectivity index (χ0n) is 21.4. The molecule has 0 saturated carbocycles. The van der Waals surface area contributed by atoms with Crippen LogP contribution < -0.4 is 10.6 Å². The van der Waals surface area contributed by atoms with Gasteiger partial charge in [0.1, 0.15) is 12.4 Å². The average Bonchev–Trinajstić information content (AvgIpc) is 3.21. The molecule has 8 heteroatoms. The highest BCUT2D eigenvalue weighted by Gasteiger charge is 2.23. The quantitative estimate of drug-likeness (QED) is 0.483. The fourth-order valence-corrected chi connectivity index (χ4v) is 3.53. The van der Waals surface area contributed by atoms with Gasteiger partial charge < -0.3 is 20.3 Å². The zero-order chi connectivity index (χ0) is 25.6. The number of rotatable bonds is 8. The van der Waals surface area contributed by atoms with Gasteiger partial charge in [-0.25, -0.2) is 9.48 Å². The number of aryl methyl sites for hydroxylation is 2. The molecular formula is C27H35N5O3. The number of methoxy groups -OCH3 is 1. The molecule has 0 saturated heterocycles. The predicted octanol–water partition coefficient (Wildman–Crippen LogP) is 4.91. The number of hydrogen-bond acceptors (Lipinski definition) is 4. The van der Waals surface area contributed by atoms with Gasteiger partial charge in [-0.1, -0.05) is 45.0 Å². The van der Waals surface area contributed by atoms with Gasteiger partial charge >= 0.3 is 6.03 Å². The van der Waals surface area contributed by atoms with Crippen LogP contribution in [0, 0.1) is 13.8 Å². The van der Waals surface area contributed by atoms with E-state index in [1.54, 1.807) is 11.8 Å². The molecule has 8 nitrogen and oxygen atoms in total. The maximum atomic E-state index is 13.1. The monoisotopic (exact) mass is 477 g/mol. The third-order valence-corrected chi connectivity index (χ3v) is 5.45. The SMILES string of the molecule is COCCN(CC(=O)Nc1cc(C(C)(C)C)nn1-c1cccc(C)c1)C(=O)Nc1cccc(C)c1. The topological polar surface area (TPSA) is 88.5 Å². The lowest BCUT2D eigenvalue weighted by Crippen LogP contribution is -2.42. The van der Waals surface area contributed by atoms with E-state index < -0.39 is 0 Å². The van der Waals surface area contributed by atoms with Crippen LogP contribution in [-0.4, -0.2) is 53.4 Å². The van der Waals surface area contributed by atoms with Crippen LogP contribution in [0.2, 0.25) is 0 Å². The van der Waals surface area contributed by atoms with E-state index in [9.17, 15) is 9.59 Å². The second-order valence-electron chi connectivity index (χ2n) is 9.68. The number of anilines is 2. The maximum Gasteiger partial charge on any atom is 0.322 e. The maximum absolute atomic E-state index is 13.1. The molecule has 186 valence electrons. The second-order valence-corrected chi connectivity index (χ2v) is 9.68. The van der Waals surface area contributed by atoms with E-state index in [2.05, 4.69) is 31.4 Å². The molecule has 35 heavy (non-hydrogen) atoms. The van der Waals surface area contributed by atoms with Gasteiger partial charge in [-0.2, -0.15) is 5.10 Å². The Morgan fingerprint density at radius 3 is 2.31 bits per heavy atom. The molecule has 0 fully saturated rings. The fraction of sp³-hybridized carbons (Fsp3) is 0.370. The Bertz CT molecular complexity index is 1180. The first-order valence-electron chi connectivity index (χ1n) is 11.7. The molecule has 1 heterocycles. The van der Waals surface area contributed by atoms with Crippen LogP contribution in [0.1, 0.15) is 37.6 Å². The minimum atomic E-state index is -0.370. The molecule has 3 aromatic rings. The summed E-state index contributed by atoms with van der Waals surface area (Å²) in [6.45, 7) is 10.6. The van der Waals surface area contributed by atoms with Crippen LogP contribution in [0.4, 0.5) is 16.3 Å². The summed E-state index contributed by atoms with van der Waals surface area (Å²) in [5.41, 5.74) is 4.29. The minimum Gasteiger partial charge on any atom is -0.383 e. The lowest BCUT2D eigenvalue weighted by Gasteiger charge is -2.22. The van der Waals surface area contributed by atoms with Crippen LogP contribution in [0.25, 0.3) is 5.69 Å². The number of carbonyl (C=O) groups is 2. The molecule has 0 aliphatic rings. The van der Waals surface area contributed by atoms with Crippen molar-refractivity contribution >= 4 is 23.4 Å². The zero-order valence-corrected chi connectivity index (χ0v) is 21.4. The Labute approximate surface area is 207 Å². The number of hydrogen-bond donors (Lipinski definition) is 2. The third kappa shape index (κ3) is 7.16. The van der Waals surface area contributed by atoms with Crippen molar-refractivity contribution in [2.45, 2.75) is 40.0 Å². The predicted molar refractivity (Wildman–Crippen MR) is 139 cm³/mol. The van der Waals surface area contributed by atoms with Crippen LogP contribution in [0.5, 0.6) is 0 Å². The first-order valence-corrected chi connectivity index (χ1v) is 11.7. The number of nitrogens with zero attached hydrogens (tertiary/aromatic N) is 3. The van der Waals surface area contributed by atoms with E-state index in [1.165, 1.54) is 4.90 Å². The Morgan fingerprint density at radius 2 is 1.69 bits per heavy atom. The summed E-state index contributed by atoms with van der Waals surface area (Å²) >= 11 is 0. The summed E-state index contributed by atoms with van der Waals surface area (Å²) in [6, 6.07) is 16.9. The third-order valence-electron chi connectivity index (χ3n) is 5.45. The lowest BCUT2D eigenvalue weighted by molar-refractivity contribution is -0.116. The molecule has 3 rings (SSSR count). The van der Waals surface area contributed by atoms with E-state index in [0.29, 0.717) is 18.1 Å². The summed E-state index contributed by atoms with van der Waals surface area (Å²) in [6.07, 6.45) is 0. The molecule has 0 aliphatic carbocycles. The Hall–Kier alpha value is -3.65. The fourth-order valence-electron chi connectivity index (χ4n) is 3.53. The molecule has 1 aromatic heterocycles. The van der Waals surface area contributed by atoms with E-state index in [0.717, 1.165) is 22.5 Å². The van der Waals surface area contributed by atoms with Crippen LogP contribution >= 0.6 is 0 Å². The highest BCUT2D eigenvalue weighted by molar-refractivity contribution is 5.96. The van der Waals surface area contributed by atoms with Crippen molar-refractivity contribution in [3.8, 4) is 5.69 Å². The minimum absolute atomic E-state index is 0.134. The van der Waals surface area contributed by atoms with Gasteiger partial charge in [0.2, 0.25) is 5.91 Å². The Balaban J connectivity index is 1.81. The van der Waals surface area contributed by atoms with Gasteiger partial charge in [-0.3, -0.25) is 4.79 Å². The smallest absolute Gasteiger partial charge is 0.322 e. The first-order chi connectivity index (χ1) is 16.6. The van der Waals surface area contributed by atoms with Gasteiger partial charge in [-0.05, 0) is 49.2 Å². The molecule has 0 radical (unpaired) electrons. The number of amides is 3. The Kier molecular flexibility index (Phi) is 8.30. The second kappa shape index (κ2) is 11.2. The van der Waals surface area contributed by atoms with Crippen molar-refractivity contribution in [2.24, 2.45) is 0 Å². The average molecular weight is 478 g/mol. The molecule has 0 unspecified atom stereocenters. The van der Waals surface area contributed by atoms with Crippen molar-refractivity contribution in [1.82, 2.24) is 14.7 Å². The molecule has 2 N–H and O–H groups in total. The molecule has 0 atom stereocenters. The van der Waals surface area contributed by atoms with Crippen molar-refractivity contribution in [1.29, 1.82) is 0 Å². The van der Waals surface area contributed by atoms with Gasteiger partial charge in [0.25, 0.3) is 0 Å². The van der Waals surface area contributed by atoms with Crippen LogP contribution in [0.3, 0.4) is 0 Å². The number of ether oxygens (including phenoxy) is 1. The van der Waals surface area contributed by atoms with Gasteiger partial charge in [-0.15, -0.1) is 0 Å². The summed E-state index contributed by atoms with van der Waals surface area (Å²) in [4.78, 5) is 27.5. The standard InChI is InChI=1S/C27H35N5O3/c1-19-9-7-11-21(15-19)28-26(34)31(13-14-35-6)18-25(33)29-24-17-23(27(3,4)5)30-32(24)22-12-8-10-20(2)16-22/h7-12,15-17H,13-14,18H2,1-6H3,(H,28,34)(H,29,33). The first kappa shape index (κ1) is 26.0. The van der Waals surface area contributed by atoms with Gasteiger partial charge in [0.05, 0.1) is 18.0 Å². The molecule has 0 aliphatic heterocycles. The van der Waals surface area contributed by atoms with E-state index in [-0.39, 0.29) is 30.4 Å². The van der Waals surface area contributed by atoms with Crippen LogP contribution in [-0.2, 0) is 14.9 Å². The Morgan fingerprint density at radius 1 is 1.00 bits per heavy atom. The van der Waals surface area contributed by atoms with Crippen LogP contribution in [0.15, 0.2) is 54.6 Å². The number of aromatic nitrogens is 2. The van der Waals surface area contributed by atoms with E-state index in [1.807, 2.05) is 68.4 Å². The summed E-state index contributed by atoms with van der Waals surface area (Å²) < 4.78 is 6.89. The molecule has 2 aromatic carbocycles. The number of benzene rings is 2. The highest BCUT2D eigenvalue weighted by Crippen LogP contribution is 2.26. The van der Waals surface area contributed by atoms with E-state index >= 15 is 0 Å². The largest absolute Gasteiger partial charge is 0.383 e. The lowest BCUT2D eigenvalue weighted by atomic mass is 9.92. The molecular weight excluding hydrogens is 442 g/mol. The summed E-state index contributed by atoms with van der Waals surface area (Å²) in [7, 11) is 1.56. The van der Waals surface area contributed by atoms with Crippen molar-refractivity contribution in [2.75, 3.05) is 37.4 Å². The summed E-state index contributed by atoms with van der Waals surface area (Å²) in [5.74, 6) is 0.228. The van der Waals surface area contributed by atoms with E-state index in [4.69, 9.17) is 9.84 Å². The number of carbonyl (C=O) groups excluding carboxylic acids is 2. The number of nitrogens with one attached hydrogen (secondary N) is 2. The molecule has 0 bridgehead atoms. The normalized spacial score (nSPS) is 11.3. The molecule has 0 spiro atoms.